The Kier molecular flexibility index (Phi) is 4.71. The molecule has 0 N–H and O–H groups in total. The summed E-state index contributed by atoms with van der Waals surface area (Å²) in [5.41, 5.74) is -1.33. The van der Waals surface area contributed by atoms with Crippen molar-refractivity contribution in [3.63, 3.8) is 0 Å². The third-order valence-electron chi connectivity index (χ3n) is 2.45. The normalized spacial score (nSPS) is 13.4. The van der Waals surface area contributed by atoms with Crippen molar-refractivity contribution in [2.75, 3.05) is 0 Å². The van der Waals surface area contributed by atoms with Crippen LogP contribution in [0.15, 0.2) is 30.8 Å². The van der Waals surface area contributed by atoms with E-state index in [0.29, 0.717) is 6.07 Å². The van der Waals surface area contributed by atoms with Gasteiger partial charge < -0.3 is 0 Å². The number of hydrogen-bond acceptors (Lipinski definition) is 0. The van der Waals surface area contributed by atoms with Gasteiger partial charge in [0.2, 0.25) is 4.33 Å². The zero-order chi connectivity index (χ0) is 15.8. The van der Waals surface area contributed by atoms with Gasteiger partial charge in [-0.3, -0.25) is 0 Å². The van der Waals surface area contributed by atoms with Gasteiger partial charge in [0.1, 0.15) is 0 Å². The van der Waals surface area contributed by atoms with E-state index in [1.165, 1.54) is 6.07 Å². The highest BCUT2D eigenvalue weighted by atomic mass is 35.5. The van der Waals surface area contributed by atoms with Crippen LogP contribution in [0.4, 0.5) is 26.3 Å². The zero-order valence-corrected chi connectivity index (χ0v) is 11.3. The molecule has 0 saturated carbocycles. The minimum Gasteiger partial charge on any atom is -0.168 e. The second-order valence-corrected chi connectivity index (χ2v) is 5.55. The minimum atomic E-state index is -4.92. The molecule has 0 bridgehead atoms. The maximum Gasteiger partial charge on any atom is 0.421 e. The summed E-state index contributed by atoms with van der Waals surface area (Å²) in [6.45, 7) is 3.31. The second-order valence-electron chi connectivity index (χ2n) is 4.06. The van der Waals surface area contributed by atoms with Gasteiger partial charge in [-0.05, 0) is 23.3 Å². The van der Waals surface area contributed by atoms with Gasteiger partial charge in [0.25, 0.3) is 0 Å². The van der Waals surface area contributed by atoms with Crippen LogP contribution in [0.5, 0.6) is 0 Å². The van der Waals surface area contributed by atoms with Crippen molar-refractivity contribution in [2.45, 2.75) is 23.1 Å². The van der Waals surface area contributed by atoms with Crippen molar-refractivity contribution in [1.82, 2.24) is 0 Å². The molecule has 0 spiro atoms. The summed E-state index contributed by atoms with van der Waals surface area (Å²) >= 11 is 10.3. The lowest BCUT2D eigenvalue weighted by Crippen LogP contribution is -2.34. The summed E-state index contributed by atoms with van der Waals surface area (Å²) in [6, 6.07) is 3.77. The van der Waals surface area contributed by atoms with Crippen molar-refractivity contribution in [1.29, 1.82) is 0 Å². The van der Waals surface area contributed by atoms with E-state index in [1.54, 1.807) is 0 Å². The highest BCUT2D eigenvalue weighted by Gasteiger charge is 2.52. The Balaban J connectivity index is 3.00. The first-order valence-electron chi connectivity index (χ1n) is 5.14. The predicted molar refractivity (Wildman–Crippen MR) is 65.6 cm³/mol. The Bertz CT molecular complexity index is 501. The summed E-state index contributed by atoms with van der Waals surface area (Å²) in [5.74, 6) is 0. The summed E-state index contributed by atoms with van der Waals surface area (Å²) < 4.78 is 71.9. The van der Waals surface area contributed by atoms with Gasteiger partial charge in [0.05, 0.1) is 5.56 Å². The molecule has 20 heavy (non-hydrogen) atoms. The average Bonchev–Trinajstić information content (AvgIpc) is 2.26. The molecule has 0 nitrogen and oxygen atoms in total. The topological polar surface area (TPSA) is 0 Å². The van der Waals surface area contributed by atoms with Crippen LogP contribution in [0.25, 0.3) is 5.57 Å². The number of allylic oxidation sites excluding steroid dienone is 1. The van der Waals surface area contributed by atoms with Crippen molar-refractivity contribution in [2.24, 2.45) is 0 Å². The van der Waals surface area contributed by atoms with E-state index in [1.807, 2.05) is 0 Å². The molecule has 0 atom stereocenters. The molecular formula is C12H8Cl2F6. The van der Waals surface area contributed by atoms with E-state index in [-0.39, 0.29) is 11.1 Å². The molecular weight excluding hydrogens is 329 g/mol. The Morgan fingerprint density at radius 1 is 1.05 bits per heavy atom. The third-order valence-corrected chi connectivity index (χ3v) is 3.14. The van der Waals surface area contributed by atoms with Crippen LogP contribution in [0.2, 0.25) is 0 Å². The quantitative estimate of drug-likeness (QED) is 0.480. The van der Waals surface area contributed by atoms with E-state index in [0.717, 1.165) is 12.1 Å². The largest absolute Gasteiger partial charge is 0.421 e. The van der Waals surface area contributed by atoms with E-state index in [9.17, 15) is 26.3 Å². The van der Waals surface area contributed by atoms with E-state index < -0.39 is 28.7 Å². The van der Waals surface area contributed by atoms with E-state index >= 15 is 0 Å². The van der Waals surface area contributed by atoms with Crippen LogP contribution >= 0.6 is 23.2 Å². The van der Waals surface area contributed by atoms with Gasteiger partial charge in [-0.25, -0.2) is 0 Å². The van der Waals surface area contributed by atoms with Gasteiger partial charge in [0, 0.05) is 6.42 Å². The molecule has 1 aromatic rings. The molecule has 0 aliphatic heterocycles. The highest BCUT2D eigenvalue weighted by Crippen LogP contribution is 2.45. The van der Waals surface area contributed by atoms with E-state index in [4.69, 9.17) is 23.2 Å². The number of halogens is 8. The molecule has 0 saturated heterocycles. The molecule has 0 aliphatic carbocycles. The average molecular weight is 337 g/mol. The number of rotatable bonds is 3. The predicted octanol–water partition coefficient (Wildman–Crippen LogP) is 5.84. The minimum absolute atomic E-state index is 0.102. The van der Waals surface area contributed by atoms with Crippen LogP contribution < -0.4 is 0 Å². The zero-order valence-electron chi connectivity index (χ0n) is 9.75. The monoisotopic (exact) mass is 336 g/mol. The molecule has 0 radical (unpaired) electrons. The molecule has 0 fully saturated rings. The van der Waals surface area contributed by atoms with Crippen LogP contribution in [0.1, 0.15) is 17.5 Å². The summed E-state index contributed by atoms with van der Waals surface area (Å²) in [4.78, 5) is 0. The maximum absolute atomic E-state index is 12.5. The summed E-state index contributed by atoms with van der Waals surface area (Å²) in [6.07, 6.45) is -10.4. The third kappa shape index (κ3) is 4.06. The molecule has 1 rings (SSSR count). The Labute approximate surface area is 121 Å². The smallest absolute Gasteiger partial charge is 0.168 e. The first-order valence-corrected chi connectivity index (χ1v) is 5.90. The maximum atomic E-state index is 12.5. The first-order chi connectivity index (χ1) is 8.84. The fourth-order valence-corrected chi connectivity index (χ4v) is 1.71. The Morgan fingerprint density at radius 3 is 2.05 bits per heavy atom. The number of alkyl halides is 8. The van der Waals surface area contributed by atoms with E-state index in [2.05, 4.69) is 6.58 Å². The van der Waals surface area contributed by atoms with Gasteiger partial charge >= 0.3 is 12.4 Å². The van der Waals surface area contributed by atoms with Crippen molar-refractivity contribution in [3.05, 3.63) is 42.0 Å². The fourth-order valence-electron chi connectivity index (χ4n) is 1.39. The molecule has 0 aromatic heterocycles. The number of benzene rings is 1. The molecule has 1 aromatic carbocycles. The summed E-state index contributed by atoms with van der Waals surface area (Å²) in [5, 5.41) is 0. The second kappa shape index (κ2) is 5.48. The first kappa shape index (κ1) is 17.2. The summed E-state index contributed by atoms with van der Waals surface area (Å²) in [7, 11) is 0. The number of hydrogen-bond donors (Lipinski definition) is 0. The molecule has 112 valence electrons. The van der Waals surface area contributed by atoms with Gasteiger partial charge in [-0.1, -0.05) is 41.9 Å². The lowest BCUT2D eigenvalue weighted by Gasteiger charge is -2.24. The van der Waals surface area contributed by atoms with Crippen molar-refractivity contribution in [3.8, 4) is 0 Å². The lowest BCUT2D eigenvalue weighted by molar-refractivity contribution is -0.140. The standard InChI is InChI=1S/C12H8Cl2F6/c1-7(6-10(13,14)12(18,19)20)8-3-2-4-9(5-8)11(15,16)17/h2-5H,1,6H2. The SMILES string of the molecule is C=C(CC(Cl)(Cl)C(F)(F)F)c1cccc(C(F)(F)F)c1. The van der Waals surface area contributed by atoms with Crippen LogP contribution in [0, 0.1) is 0 Å². The molecule has 0 heterocycles. The van der Waals surface area contributed by atoms with Crippen LogP contribution in [0.3, 0.4) is 0 Å². The lowest BCUT2D eigenvalue weighted by atomic mass is 10.00. The van der Waals surface area contributed by atoms with Crippen molar-refractivity contribution < 1.29 is 26.3 Å². The molecule has 0 amide bonds. The molecule has 0 unspecified atom stereocenters. The Morgan fingerprint density at radius 2 is 1.60 bits per heavy atom. The highest BCUT2D eigenvalue weighted by molar-refractivity contribution is 6.49. The molecule has 0 aliphatic rings. The molecule has 8 heteroatoms. The van der Waals surface area contributed by atoms with Crippen LogP contribution in [-0.2, 0) is 6.18 Å². The van der Waals surface area contributed by atoms with Gasteiger partial charge in [-0.15, -0.1) is 0 Å². The van der Waals surface area contributed by atoms with Crippen LogP contribution in [-0.4, -0.2) is 10.5 Å². The fraction of sp³-hybridized carbons (Fsp3) is 0.333. The van der Waals surface area contributed by atoms with Crippen molar-refractivity contribution >= 4 is 28.8 Å². The van der Waals surface area contributed by atoms with Gasteiger partial charge in [0.15, 0.2) is 0 Å². The Hall–Kier alpha value is -0.880. The van der Waals surface area contributed by atoms with Gasteiger partial charge in [-0.2, -0.15) is 26.3 Å².